The number of thioether (sulfide) groups is 1. The first-order valence-electron chi connectivity index (χ1n) is 5.98. The van der Waals surface area contributed by atoms with Crippen LogP contribution in [0, 0.1) is 5.92 Å². The van der Waals surface area contributed by atoms with Gasteiger partial charge in [0.25, 0.3) is 0 Å². The summed E-state index contributed by atoms with van der Waals surface area (Å²) in [6.45, 7) is 3.54. The number of nitrogens with one attached hydrogen (secondary N) is 1. The highest BCUT2D eigenvalue weighted by Gasteiger charge is 2.41. The van der Waals surface area contributed by atoms with Gasteiger partial charge < -0.3 is 15.3 Å². The Morgan fingerprint density at radius 1 is 1.47 bits per heavy atom. The fourth-order valence-corrected chi connectivity index (χ4v) is 3.62. The predicted octanol–water partition coefficient (Wildman–Crippen LogP) is 0.361. The maximum absolute atomic E-state index is 12.3. The second-order valence-corrected chi connectivity index (χ2v) is 5.92. The first-order valence-corrected chi connectivity index (χ1v) is 7.03. The van der Waals surface area contributed by atoms with Crippen molar-refractivity contribution in [3.63, 3.8) is 0 Å². The van der Waals surface area contributed by atoms with E-state index in [2.05, 4.69) is 5.32 Å². The smallest absolute Gasteiger partial charge is 0.327 e. The van der Waals surface area contributed by atoms with E-state index in [1.807, 2.05) is 6.92 Å². The summed E-state index contributed by atoms with van der Waals surface area (Å²) in [5, 5.41) is 12.3. The van der Waals surface area contributed by atoms with Crippen LogP contribution in [0.4, 0.5) is 0 Å². The van der Waals surface area contributed by atoms with E-state index in [-0.39, 0.29) is 17.2 Å². The van der Waals surface area contributed by atoms with E-state index in [0.29, 0.717) is 12.3 Å². The summed E-state index contributed by atoms with van der Waals surface area (Å²) in [4.78, 5) is 25.0. The molecular weight excluding hydrogens is 240 g/mol. The Kier molecular flexibility index (Phi) is 3.93. The lowest BCUT2D eigenvalue weighted by molar-refractivity contribution is -0.151. The largest absolute Gasteiger partial charge is 0.480 e. The summed E-state index contributed by atoms with van der Waals surface area (Å²) in [6.07, 6.45) is 1.86. The second kappa shape index (κ2) is 5.27. The standard InChI is InChI=1S/C11H18N2O3S/c1-7-13(9(6-17-7)11(15)16)10(14)8-3-2-4-12-5-8/h7-9,12H,2-6H2,1H3,(H,15,16)/t7?,8-,9?/m1/s1. The van der Waals surface area contributed by atoms with Crippen LogP contribution in [0.5, 0.6) is 0 Å². The van der Waals surface area contributed by atoms with Crippen molar-refractivity contribution >= 4 is 23.6 Å². The molecule has 2 heterocycles. The topological polar surface area (TPSA) is 69.6 Å². The lowest BCUT2D eigenvalue weighted by atomic mass is 9.97. The van der Waals surface area contributed by atoms with E-state index in [1.165, 1.54) is 11.8 Å². The minimum Gasteiger partial charge on any atom is -0.480 e. The quantitative estimate of drug-likeness (QED) is 0.748. The molecule has 2 N–H and O–H groups in total. The lowest BCUT2D eigenvalue weighted by Gasteiger charge is -2.31. The Balaban J connectivity index is 2.07. The van der Waals surface area contributed by atoms with Crippen LogP contribution < -0.4 is 5.32 Å². The Bertz CT molecular complexity index is 318. The molecule has 6 heteroatoms. The fourth-order valence-electron chi connectivity index (χ4n) is 2.44. The van der Waals surface area contributed by atoms with Crippen LogP contribution in [0.25, 0.3) is 0 Å². The summed E-state index contributed by atoms with van der Waals surface area (Å²) >= 11 is 1.54. The summed E-state index contributed by atoms with van der Waals surface area (Å²) in [6, 6.07) is -0.649. The van der Waals surface area contributed by atoms with Gasteiger partial charge in [-0.15, -0.1) is 11.8 Å². The molecule has 2 rings (SSSR count). The molecule has 5 nitrogen and oxygen atoms in total. The van der Waals surface area contributed by atoms with Gasteiger partial charge in [0.15, 0.2) is 0 Å². The predicted molar refractivity (Wildman–Crippen MR) is 65.8 cm³/mol. The normalized spacial score (nSPS) is 33.7. The first kappa shape index (κ1) is 12.7. The Labute approximate surface area is 105 Å². The van der Waals surface area contributed by atoms with Crippen LogP contribution >= 0.6 is 11.8 Å². The minimum atomic E-state index is -0.890. The molecule has 2 fully saturated rings. The molecule has 0 aromatic carbocycles. The van der Waals surface area contributed by atoms with Crippen molar-refractivity contribution in [3.05, 3.63) is 0 Å². The van der Waals surface area contributed by atoms with Gasteiger partial charge in [-0.2, -0.15) is 0 Å². The molecule has 0 spiro atoms. The van der Waals surface area contributed by atoms with Gasteiger partial charge in [0.2, 0.25) is 5.91 Å². The molecule has 0 aromatic rings. The van der Waals surface area contributed by atoms with Gasteiger partial charge in [-0.1, -0.05) is 0 Å². The number of amides is 1. The van der Waals surface area contributed by atoms with Crippen molar-refractivity contribution in [1.29, 1.82) is 0 Å². The van der Waals surface area contributed by atoms with E-state index in [1.54, 1.807) is 4.90 Å². The second-order valence-electron chi connectivity index (χ2n) is 4.58. The van der Waals surface area contributed by atoms with E-state index >= 15 is 0 Å². The van der Waals surface area contributed by atoms with Crippen LogP contribution in [-0.2, 0) is 9.59 Å². The summed E-state index contributed by atoms with van der Waals surface area (Å²) in [5.74, 6) is -0.435. The van der Waals surface area contributed by atoms with Gasteiger partial charge in [-0.05, 0) is 26.3 Å². The third-order valence-corrected chi connectivity index (χ3v) is 4.63. The van der Waals surface area contributed by atoms with Crippen molar-refractivity contribution in [1.82, 2.24) is 10.2 Å². The summed E-state index contributed by atoms with van der Waals surface area (Å²) in [5.41, 5.74) is 0. The zero-order valence-electron chi connectivity index (χ0n) is 9.89. The van der Waals surface area contributed by atoms with Gasteiger partial charge in [0.05, 0.1) is 11.3 Å². The number of carboxylic acid groups (broad SMARTS) is 1. The van der Waals surface area contributed by atoms with Crippen molar-refractivity contribution in [2.24, 2.45) is 5.92 Å². The highest BCUT2D eigenvalue weighted by molar-refractivity contribution is 8.00. The monoisotopic (exact) mass is 258 g/mol. The van der Waals surface area contributed by atoms with Crippen molar-refractivity contribution in [2.75, 3.05) is 18.8 Å². The minimum absolute atomic E-state index is 0.00194. The van der Waals surface area contributed by atoms with Gasteiger partial charge in [-0.25, -0.2) is 4.79 Å². The van der Waals surface area contributed by atoms with E-state index in [4.69, 9.17) is 5.11 Å². The van der Waals surface area contributed by atoms with Gasteiger partial charge >= 0.3 is 5.97 Å². The molecule has 0 radical (unpaired) electrons. The molecule has 1 amide bonds. The molecule has 2 aliphatic rings. The van der Waals surface area contributed by atoms with Crippen LogP contribution in [0.3, 0.4) is 0 Å². The maximum atomic E-state index is 12.3. The van der Waals surface area contributed by atoms with Gasteiger partial charge in [-0.3, -0.25) is 4.79 Å². The highest BCUT2D eigenvalue weighted by atomic mass is 32.2. The third kappa shape index (κ3) is 2.57. The van der Waals surface area contributed by atoms with E-state index in [0.717, 1.165) is 19.4 Å². The van der Waals surface area contributed by atoms with Crippen LogP contribution in [-0.4, -0.2) is 52.1 Å². The lowest BCUT2D eigenvalue weighted by Crippen LogP contribution is -2.50. The Hall–Kier alpha value is -0.750. The molecule has 2 unspecified atom stereocenters. The fraction of sp³-hybridized carbons (Fsp3) is 0.818. The number of piperidine rings is 1. The molecule has 17 heavy (non-hydrogen) atoms. The van der Waals surface area contributed by atoms with Gasteiger partial charge in [0, 0.05) is 12.3 Å². The summed E-state index contributed by atoms with van der Waals surface area (Å²) < 4.78 is 0. The molecular formula is C11H18N2O3S. The van der Waals surface area contributed by atoms with E-state index in [9.17, 15) is 9.59 Å². The molecule has 0 bridgehead atoms. The number of carbonyl (C=O) groups excluding carboxylic acids is 1. The number of rotatable bonds is 2. The molecule has 0 saturated carbocycles. The van der Waals surface area contributed by atoms with Crippen molar-refractivity contribution in [3.8, 4) is 0 Å². The molecule has 0 aliphatic carbocycles. The average Bonchev–Trinajstić information content (AvgIpc) is 2.71. The number of nitrogens with zero attached hydrogens (tertiary/aromatic N) is 1. The average molecular weight is 258 g/mol. The van der Waals surface area contributed by atoms with Gasteiger partial charge in [0.1, 0.15) is 6.04 Å². The number of carboxylic acids is 1. The van der Waals surface area contributed by atoms with Crippen LogP contribution in [0.15, 0.2) is 0 Å². The highest BCUT2D eigenvalue weighted by Crippen LogP contribution is 2.31. The van der Waals surface area contributed by atoms with Crippen molar-refractivity contribution in [2.45, 2.75) is 31.2 Å². The number of hydrogen-bond acceptors (Lipinski definition) is 4. The zero-order valence-corrected chi connectivity index (χ0v) is 10.7. The third-order valence-electron chi connectivity index (χ3n) is 3.41. The summed E-state index contributed by atoms with van der Waals surface area (Å²) in [7, 11) is 0. The number of aliphatic carboxylic acids is 1. The zero-order chi connectivity index (χ0) is 12.4. The molecule has 2 aliphatic heterocycles. The molecule has 2 saturated heterocycles. The Morgan fingerprint density at radius 2 is 2.24 bits per heavy atom. The SMILES string of the molecule is CC1SCC(C(=O)O)N1C(=O)[C@@H]1CCCNC1. The number of hydrogen-bond donors (Lipinski definition) is 2. The van der Waals surface area contributed by atoms with Crippen LogP contribution in [0.1, 0.15) is 19.8 Å². The first-order chi connectivity index (χ1) is 8.11. The Morgan fingerprint density at radius 3 is 2.82 bits per heavy atom. The molecule has 0 aromatic heterocycles. The maximum Gasteiger partial charge on any atom is 0.327 e. The molecule has 96 valence electrons. The molecule has 3 atom stereocenters. The number of carbonyl (C=O) groups is 2. The van der Waals surface area contributed by atoms with Crippen LogP contribution in [0.2, 0.25) is 0 Å². The van der Waals surface area contributed by atoms with Crippen molar-refractivity contribution < 1.29 is 14.7 Å². The van der Waals surface area contributed by atoms with E-state index < -0.39 is 12.0 Å².